The molecule has 0 aliphatic rings. The highest BCUT2D eigenvalue weighted by Crippen LogP contribution is 2.14. The summed E-state index contributed by atoms with van der Waals surface area (Å²) in [7, 11) is 0. The lowest BCUT2D eigenvalue weighted by Gasteiger charge is -1.99. The number of benzene rings is 1. The molecule has 0 saturated heterocycles. The van der Waals surface area contributed by atoms with E-state index in [1.807, 2.05) is 0 Å². The molecule has 0 saturated carbocycles. The minimum atomic E-state index is -1.58. The first-order valence-corrected chi connectivity index (χ1v) is 6.06. The number of aliphatic carboxylic acids is 1. The van der Waals surface area contributed by atoms with Gasteiger partial charge in [0.2, 0.25) is 11.5 Å². The molecule has 0 radical (unpaired) electrons. The second kappa shape index (κ2) is 6.04. The average Bonchev–Trinajstić information content (AvgIpc) is 2.90. The zero-order valence-corrected chi connectivity index (χ0v) is 10.8. The van der Waals surface area contributed by atoms with Crippen LogP contribution < -0.4 is 0 Å². The summed E-state index contributed by atoms with van der Waals surface area (Å²) in [5.41, 5.74) is 1.28. The van der Waals surface area contributed by atoms with E-state index in [1.165, 1.54) is 18.3 Å². The summed E-state index contributed by atoms with van der Waals surface area (Å²) < 4.78 is 13.5. The van der Waals surface area contributed by atoms with Crippen molar-refractivity contribution in [2.24, 2.45) is 0 Å². The molecule has 0 aliphatic heterocycles. The summed E-state index contributed by atoms with van der Waals surface area (Å²) in [4.78, 5) is 24.8. The van der Waals surface area contributed by atoms with Crippen LogP contribution in [0.5, 0.6) is 0 Å². The van der Waals surface area contributed by atoms with Gasteiger partial charge in [-0.05, 0) is 23.3 Å². The van der Waals surface area contributed by atoms with E-state index in [1.54, 1.807) is 18.2 Å². The molecule has 0 atom stereocenters. The maximum Gasteiger partial charge on any atom is 0.371 e. The topological polar surface area (TPSA) is 90.4 Å². The van der Waals surface area contributed by atoms with Crippen LogP contribution in [-0.4, -0.2) is 26.9 Å². The lowest BCUT2D eigenvalue weighted by atomic mass is 10.1. The minimum absolute atomic E-state index is 0.120. The van der Waals surface area contributed by atoms with Crippen LogP contribution in [-0.2, 0) is 11.2 Å². The first-order valence-electron chi connectivity index (χ1n) is 6.06. The molecule has 0 bridgehead atoms. The van der Waals surface area contributed by atoms with Gasteiger partial charge in [-0.3, -0.25) is 4.79 Å². The van der Waals surface area contributed by atoms with E-state index in [0.29, 0.717) is 23.6 Å². The monoisotopic (exact) mass is 289 g/mol. The molecular weight excluding hydrogens is 277 g/mol. The number of ketones is 1. The van der Waals surface area contributed by atoms with Crippen molar-refractivity contribution in [2.45, 2.75) is 6.42 Å². The van der Waals surface area contributed by atoms with E-state index in [2.05, 4.69) is 4.98 Å². The van der Waals surface area contributed by atoms with E-state index in [-0.39, 0.29) is 11.5 Å². The van der Waals surface area contributed by atoms with Gasteiger partial charge in [0.25, 0.3) is 0 Å². The van der Waals surface area contributed by atoms with Gasteiger partial charge in [-0.15, -0.1) is 0 Å². The maximum atomic E-state index is 13.5. The fourth-order valence-corrected chi connectivity index (χ4v) is 1.81. The quantitative estimate of drug-likeness (QED) is 0.448. The van der Waals surface area contributed by atoms with Crippen molar-refractivity contribution in [2.75, 3.05) is 0 Å². The van der Waals surface area contributed by atoms with E-state index in [4.69, 9.17) is 10.2 Å². The number of aliphatic hydroxyl groups is 1. The van der Waals surface area contributed by atoms with Gasteiger partial charge >= 0.3 is 5.97 Å². The van der Waals surface area contributed by atoms with Gasteiger partial charge in [-0.1, -0.05) is 18.2 Å². The van der Waals surface area contributed by atoms with Crippen molar-refractivity contribution in [3.8, 4) is 0 Å². The predicted molar refractivity (Wildman–Crippen MR) is 72.7 cm³/mol. The van der Waals surface area contributed by atoms with Crippen LogP contribution in [0.25, 0.3) is 0 Å². The summed E-state index contributed by atoms with van der Waals surface area (Å²) in [6, 6.07) is 7.78. The molecule has 6 heteroatoms. The molecule has 21 heavy (non-hydrogen) atoms. The maximum absolute atomic E-state index is 13.5. The molecule has 1 heterocycles. The van der Waals surface area contributed by atoms with Gasteiger partial charge < -0.3 is 15.2 Å². The van der Waals surface area contributed by atoms with Crippen LogP contribution in [0.15, 0.2) is 48.4 Å². The standard InChI is InChI=1S/C15H12FNO4/c16-11-4-2-1-3-10(11)5-9-6-12(17-8-9)13(18)7-14(19)15(20)21/h1-4,6-8,17,19H,5H2,(H,20,21). The van der Waals surface area contributed by atoms with Gasteiger partial charge in [0, 0.05) is 18.7 Å². The number of halogens is 1. The van der Waals surface area contributed by atoms with Crippen LogP contribution in [0, 0.1) is 5.82 Å². The lowest BCUT2D eigenvalue weighted by molar-refractivity contribution is -0.135. The first-order chi connectivity index (χ1) is 9.97. The number of hydrogen-bond acceptors (Lipinski definition) is 3. The van der Waals surface area contributed by atoms with E-state index in [9.17, 15) is 14.0 Å². The molecular formula is C15H12FNO4. The van der Waals surface area contributed by atoms with Crippen molar-refractivity contribution in [3.05, 3.63) is 71.0 Å². The third-order valence-corrected chi connectivity index (χ3v) is 2.85. The highest BCUT2D eigenvalue weighted by molar-refractivity contribution is 6.06. The van der Waals surface area contributed by atoms with Crippen molar-refractivity contribution < 1.29 is 24.2 Å². The summed E-state index contributed by atoms with van der Waals surface area (Å²) in [6.45, 7) is 0. The summed E-state index contributed by atoms with van der Waals surface area (Å²) in [6.07, 6.45) is 2.44. The number of carbonyl (C=O) groups excluding carboxylic acids is 1. The third-order valence-electron chi connectivity index (χ3n) is 2.85. The van der Waals surface area contributed by atoms with E-state index in [0.717, 1.165) is 0 Å². The van der Waals surface area contributed by atoms with Crippen LogP contribution in [0.1, 0.15) is 21.6 Å². The highest BCUT2D eigenvalue weighted by atomic mass is 19.1. The Morgan fingerprint density at radius 1 is 1.24 bits per heavy atom. The summed E-state index contributed by atoms with van der Waals surface area (Å²) in [5.74, 6) is -3.63. The van der Waals surface area contributed by atoms with Crippen LogP contribution in [0.2, 0.25) is 0 Å². The van der Waals surface area contributed by atoms with Crippen molar-refractivity contribution >= 4 is 11.8 Å². The van der Waals surface area contributed by atoms with Gasteiger partial charge in [-0.25, -0.2) is 9.18 Å². The minimum Gasteiger partial charge on any atom is -0.502 e. The number of nitrogens with one attached hydrogen (secondary N) is 1. The molecule has 2 rings (SSSR count). The number of carboxylic acid groups (broad SMARTS) is 1. The number of aliphatic hydroxyl groups excluding tert-OH is 1. The molecule has 1 aromatic carbocycles. The predicted octanol–water partition coefficient (Wildman–Crippen LogP) is 2.45. The first kappa shape index (κ1) is 14.5. The Hall–Kier alpha value is -2.89. The zero-order valence-electron chi connectivity index (χ0n) is 10.8. The fourth-order valence-electron chi connectivity index (χ4n) is 1.81. The van der Waals surface area contributed by atoms with Gasteiger partial charge in [-0.2, -0.15) is 0 Å². The van der Waals surface area contributed by atoms with E-state index < -0.39 is 17.5 Å². The zero-order chi connectivity index (χ0) is 15.4. The molecule has 0 aliphatic carbocycles. The molecule has 1 aromatic heterocycles. The molecule has 5 nitrogen and oxygen atoms in total. The Labute approximate surface area is 119 Å². The molecule has 0 unspecified atom stereocenters. The molecule has 3 N–H and O–H groups in total. The van der Waals surface area contributed by atoms with Crippen LogP contribution in [0.3, 0.4) is 0 Å². The molecule has 0 amide bonds. The number of aromatic nitrogens is 1. The molecule has 0 spiro atoms. The summed E-state index contributed by atoms with van der Waals surface area (Å²) >= 11 is 0. The number of allylic oxidation sites excluding steroid dienone is 1. The Bertz CT molecular complexity index is 718. The van der Waals surface area contributed by atoms with Crippen LogP contribution in [0.4, 0.5) is 4.39 Å². The number of hydrogen-bond donors (Lipinski definition) is 3. The second-order valence-corrected chi connectivity index (χ2v) is 4.39. The normalized spacial score (nSPS) is 11.4. The van der Waals surface area contributed by atoms with Gasteiger partial charge in [0.15, 0.2) is 0 Å². The smallest absolute Gasteiger partial charge is 0.371 e. The Morgan fingerprint density at radius 2 is 1.95 bits per heavy atom. The van der Waals surface area contributed by atoms with Gasteiger partial charge in [0.05, 0.1) is 5.69 Å². The Morgan fingerprint density at radius 3 is 2.62 bits per heavy atom. The number of H-pyrrole nitrogens is 1. The molecule has 0 fully saturated rings. The SMILES string of the molecule is O=C(O)C(O)=CC(=O)c1cc(Cc2ccccc2F)c[nH]1. The fraction of sp³-hybridized carbons (Fsp3) is 0.0667. The Balaban J connectivity index is 2.15. The highest BCUT2D eigenvalue weighted by Gasteiger charge is 2.12. The molecule has 108 valence electrons. The van der Waals surface area contributed by atoms with Crippen molar-refractivity contribution in [1.29, 1.82) is 0 Å². The number of rotatable bonds is 5. The lowest BCUT2D eigenvalue weighted by Crippen LogP contribution is -2.04. The van der Waals surface area contributed by atoms with E-state index >= 15 is 0 Å². The van der Waals surface area contributed by atoms with Gasteiger partial charge in [0.1, 0.15) is 5.82 Å². The number of carbonyl (C=O) groups is 2. The Kier molecular flexibility index (Phi) is 4.18. The third kappa shape index (κ3) is 3.56. The number of aromatic amines is 1. The number of carboxylic acids is 1. The largest absolute Gasteiger partial charge is 0.502 e. The van der Waals surface area contributed by atoms with Crippen molar-refractivity contribution in [3.63, 3.8) is 0 Å². The molecule has 2 aromatic rings. The van der Waals surface area contributed by atoms with Crippen LogP contribution >= 0.6 is 0 Å². The van der Waals surface area contributed by atoms with Crippen molar-refractivity contribution in [1.82, 2.24) is 4.98 Å². The summed E-state index contributed by atoms with van der Waals surface area (Å²) in [5, 5.41) is 17.5. The average molecular weight is 289 g/mol. The second-order valence-electron chi connectivity index (χ2n) is 4.39.